The molecule has 5 heteroatoms. The first-order valence-electron chi connectivity index (χ1n) is 7.42. The Balaban J connectivity index is 2.07. The molecule has 2 aromatic rings. The smallest absolute Gasteiger partial charge is 0.277 e. The molecule has 1 amide bonds. The largest absolute Gasteiger partial charge is 0.306 e. The van der Waals surface area contributed by atoms with Crippen molar-refractivity contribution < 1.29 is 9.18 Å². The number of carbonyl (C=O) groups excluding carboxylic acids is 1. The third-order valence-corrected chi connectivity index (χ3v) is 3.88. The van der Waals surface area contributed by atoms with Crippen LogP contribution in [0.1, 0.15) is 19.4 Å². The molecule has 0 unspecified atom stereocenters. The van der Waals surface area contributed by atoms with Crippen molar-refractivity contribution in [1.29, 1.82) is 0 Å². The fourth-order valence-corrected chi connectivity index (χ4v) is 2.77. The number of rotatable bonds is 3. The molecule has 0 radical (unpaired) electrons. The van der Waals surface area contributed by atoms with Crippen molar-refractivity contribution in [1.82, 2.24) is 0 Å². The number of hydrogen-bond acceptors (Lipinski definition) is 2. The highest BCUT2D eigenvalue weighted by molar-refractivity contribution is 6.54. The molecule has 1 aliphatic rings. The Morgan fingerprint density at radius 1 is 1.22 bits per heavy atom. The van der Waals surface area contributed by atoms with Gasteiger partial charge < -0.3 is 4.90 Å². The summed E-state index contributed by atoms with van der Waals surface area (Å²) in [6.45, 7) is 4.74. The molecule has 118 valence electrons. The predicted molar refractivity (Wildman–Crippen MR) is 91.2 cm³/mol. The number of para-hydroxylation sites is 1. The number of anilines is 1. The van der Waals surface area contributed by atoms with E-state index in [9.17, 15) is 9.18 Å². The van der Waals surface area contributed by atoms with E-state index in [-0.39, 0.29) is 10.9 Å². The van der Waals surface area contributed by atoms with Crippen LogP contribution in [0.3, 0.4) is 0 Å². The number of carbonyl (C=O) groups is 1. The van der Waals surface area contributed by atoms with Gasteiger partial charge in [-0.05, 0) is 30.2 Å². The second-order valence-electron chi connectivity index (χ2n) is 5.89. The SMILES string of the molecule is CC(C)CN1C(=O)C(=Nc2ccc(F)c(Cl)c2)c2ccccc21. The molecule has 3 rings (SSSR count). The zero-order valence-electron chi connectivity index (χ0n) is 12.9. The number of nitrogens with zero attached hydrogens (tertiary/aromatic N) is 2. The molecule has 0 aromatic heterocycles. The first-order valence-corrected chi connectivity index (χ1v) is 7.80. The Morgan fingerprint density at radius 3 is 2.65 bits per heavy atom. The molecule has 23 heavy (non-hydrogen) atoms. The second kappa shape index (κ2) is 6.13. The topological polar surface area (TPSA) is 32.7 Å². The standard InChI is InChI=1S/C18H16ClFN2O/c1-11(2)10-22-16-6-4-3-5-13(16)17(18(22)23)21-12-7-8-15(20)14(19)9-12/h3-9,11H,10H2,1-2H3. The van der Waals surface area contributed by atoms with E-state index in [1.165, 1.54) is 18.2 Å². The van der Waals surface area contributed by atoms with Gasteiger partial charge in [0.15, 0.2) is 0 Å². The molecule has 0 bridgehead atoms. The van der Waals surface area contributed by atoms with Gasteiger partial charge in [0, 0.05) is 12.1 Å². The predicted octanol–water partition coefficient (Wildman–Crippen LogP) is 4.60. The monoisotopic (exact) mass is 330 g/mol. The van der Waals surface area contributed by atoms with Gasteiger partial charge in [0.05, 0.1) is 16.4 Å². The Bertz CT molecular complexity index is 801. The van der Waals surface area contributed by atoms with Crippen LogP contribution >= 0.6 is 11.6 Å². The molecule has 3 nitrogen and oxygen atoms in total. The van der Waals surface area contributed by atoms with E-state index < -0.39 is 5.82 Å². The second-order valence-corrected chi connectivity index (χ2v) is 6.29. The quantitative estimate of drug-likeness (QED) is 0.809. The third-order valence-electron chi connectivity index (χ3n) is 3.59. The van der Waals surface area contributed by atoms with E-state index in [1.807, 2.05) is 24.3 Å². The fourth-order valence-electron chi connectivity index (χ4n) is 2.60. The van der Waals surface area contributed by atoms with Crippen LogP contribution in [0.5, 0.6) is 0 Å². The lowest BCUT2D eigenvalue weighted by atomic mass is 10.1. The lowest BCUT2D eigenvalue weighted by Gasteiger charge is -2.18. The molecular weight excluding hydrogens is 315 g/mol. The lowest BCUT2D eigenvalue weighted by Crippen LogP contribution is -2.33. The molecule has 1 heterocycles. The highest BCUT2D eigenvalue weighted by Gasteiger charge is 2.33. The summed E-state index contributed by atoms with van der Waals surface area (Å²) >= 11 is 5.79. The average molecular weight is 331 g/mol. The van der Waals surface area contributed by atoms with E-state index in [1.54, 1.807) is 4.90 Å². The maximum atomic E-state index is 13.3. The Kier molecular flexibility index (Phi) is 4.18. The molecule has 0 saturated heterocycles. The van der Waals surface area contributed by atoms with Crippen molar-refractivity contribution in [2.75, 3.05) is 11.4 Å². The van der Waals surface area contributed by atoms with Crippen LogP contribution in [-0.2, 0) is 4.79 Å². The van der Waals surface area contributed by atoms with Crippen molar-refractivity contribution in [3.8, 4) is 0 Å². The van der Waals surface area contributed by atoms with Gasteiger partial charge >= 0.3 is 0 Å². The van der Waals surface area contributed by atoms with Crippen LogP contribution < -0.4 is 4.90 Å². The fraction of sp³-hybridized carbons (Fsp3) is 0.222. The Labute approximate surface area is 139 Å². The molecule has 0 atom stereocenters. The molecule has 0 fully saturated rings. The maximum absolute atomic E-state index is 13.3. The van der Waals surface area contributed by atoms with Crippen molar-refractivity contribution in [2.45, 2.75) is 13.8 Å². The van der Waals surface area contributed by atoms with E-state index >= 15 is 0 Å². The highest BCUT2D eigenvalue weighted by atomic mass is 35.5. The van der Waals surface area contributed by atoms with Crippen LogP contribution in [0.4, 0.5) is 15.8 Å². The third kappa shape index (κ3) is 2.99. The van der Waals surface area contributed by atoms with Gasteiger partial charge in [0.1, 0.15) is 11.5 Å². The molecule has 0 spiro atoms. The van der Waals surface area contributed by atoms with Crippen LogP contribution in [-0.4, -0.2) is 18.2 Å². The normalized spacial score (nSPS) is 15.6. The number of benzene rings is 2. The van der Waals surface area contributed by atoms with Gasteiger partial charge in [-0.1, -0.05) is 43.6 Å². The summed E-state index contributed by atoms with van der Waals surface area (Å²) in [5, 5.41) is -0.00961. The van der Waals surface area contributed by atoms with Crippen LogP contribution in [0.15, 0.2) is 47.5 Å². The van der Waals surface area contributed by atoms with E-state index in [2.05, 4.69) is 18.8 Å². The van der Waals surface area contributed by atoms with Crippen LogP contribution in [0.25, 0.3) is 0 Å². The minimum absolute atomic E-state index is 0.00961. The summed E-state index contributed by atoms with van der Waals surface area (Å²) in [7, 11) is 0. The Hall–Kier alpha value is -2.20. The highest BCUT2D eigenvalue weighted by Crippen LogP contribution is 2.32. The van der Waals surface area contributed by atoms with Crippen molar-refractivity contribution in [3.05, 3.63) is 58.9 Å². The number of halogens is 2. The van der Waals surface area contributed by atoms with Crippen molar-refractivity contribution in [3.63, 3.8) is 0 Å². The molecule has 2 aromatic carbocycles. The van der Waals surface area contributed by atoms with Gasteiger partial charge in [0.25, 0.3) is 5.91 Å². The van der Waals surface area contributed by atoms with Gasteiger partial charge in [-0.2, -0.15) is 0 Å². The summed E-state index contributed by atoms with van der Waals surface area (Å²) in [4.78, 5) is 18.9. The molecule has 0 saturated carbocycles. The lowest BCUT2D eigenvalue weighted by molar-refractivity contribution is -0.112. The molecular formula is C18H16ClFN2O. The molecule has 0 aliphatic carbocycles. The zero-order valence-corrected chi connectivity index (χ0v) is 13.6. The van der Waals surface area contributed by atoms with E-state index in [4.69, 9.17) is 11.6 Å². The van der Waals surface area contributed by atoms with Gasteiger partial charge in [-0.3, -0.25) is 4.79 Å². The van der Waals surface area contributed by atoms with E-state index in [0.29, 0.717) is 23.9 Å². The number of aliphatic imine (C=N–C) groups is 1. The minimum Gasteiger partial charge on any atom is -0.306 e. The van der Waals surface area contributed by atoms with Crippen LogP contribution in [0.2, 0.25) is 5.02 Å². The first-order chi connectivity index (χ1) is 11.0. The van der Waals surface area contributed by atoms with Gasteiger partial charge in [-0.15, -0.1) is 0 Å². The molecule has 1 aliphatic heterocycles. The number of fused-ring (bicyclic) bond motifs is 1. The summed E-state index contributed by atoms with van der Waals surface area (Å²) in [6.07, 6.45) is 0. The number of hydrogen-bond donors (Lipinski definition) is 0. The average Bonchev–Trinajstić information content (AvgIpc) is 2.76. The van der Waals surface area contributed by atoms with Crippen molar-refractivity contribution in [2.24, 2.45) is 10.9 Å². The number of amides is 1. The van der Waals surface area contributed by atoms with E-state index in [0.717, 1.165) is 11.3 Å². The summed E-state index contributed by atoms with van der Waals surface area (Å²) < 4.78 is 13.3. The van der Waals surface area contributed by atoms with Crippen LogP contribution in [0, 0.1) is 11.7 Å². The maximum Gasteiger partial charge on any atom is 0.277 e. The summed E-state index contributed by atoms with van der Waals surface area (Å²) in [5.74, 6) is -0.304. The van der Waals surface area contributed by atoms with Crippen molar-refractivity contribution >= 4 is 34.6 Å². The minimum atomic E-state index is -0.504. The zero-order chi connectivity index (χ0) is 16.6. The summed E-state index contributed by atoms with van der Waals surface area (Å²) in [6, 6.07) is 11.7. The van der Waals surface area contributed by atoms with Gasteiger partial charge in [0.2, 0.25) is 0 Å². The first kappa shape index (κ1) is 15.7. The summed E-state index contributed by atoms with van der Waals surface area (Å²) in [5.41, 5.74) is 2.47. The molecule has 0 N–H and O–H groups in total. The Morgan fingerprint density at radius 2 is 1.96 bits per heavy atom. The van der Waals surface area contributed by atoms with Gasteiger partial charge in [-0.25, -0.2) is 9.38 Å².